The molecule has 1 heterocycles. The summed E-state index contributed by atoms with van der Waals surface area (Å²) >= 11 is 0. The van der Waals surface area contributed by atoms with E-state index in [1.54, 1.807) is 25.3 Å². The topological polar surface area (TPSA) is 79.5 Å². The average molecular weight is 317 g/mol. The molecule has 6 heteroatoms. The Bertz CT molecular complexity index is 609. The van der Waals surface area contributed by atoms with Gasteiger partial charge in [0.15, 0.2) is 0 Å². The van der Waals surface area contributed by atoms with Gasteiger partial charge in [-0.2, -0.15) is 0 Å². The van der Waals surface area contributed by atoms with Crippen LogP contribution in [0.5, 0.6) is 5.75 Å². The molecule has 6 nitrogen and oxygen atoms in total. The molecule has 124 valence electrons. The van der Waals surface area contributed by atoms with E-state index in [1.807, 2.05) is 6.92 Å². The van der Waals surface area contributed by atoms with Crippen molar-refractivity contribution in [3.63, 3.8) is 0 Å². The number of methoxy groups -OCH3 is 1. The highest BCUT2D eigenvalue weighted by molar-refractivity contribution is 6.04. The number of hydrogen-bond acceptors (Lipinski definition) is 4. The normalized spacial score (nSPS) is 18.7. The monoisotopic (exact) mass is 317 g/mol. The second-order valence-electron chi connectivity index (χ2n) is 6.36. The van der Waals surface area contributed by atoms with Crippen LogP contribution in [0.1, 0.15) is 30.1 Å². The first-order chi connectivity index (χ1) is 11.1. The number of ether oxygens (including phenoxy) is 1. The van der Waals surface area contributed by atoms with Crippen molar-refractivity contribution in [2.45, 2.75) is 25.8 Å². The number of carbonyl (C=O) groups excluding carboxylic acids is 2. The van der Waals surface area contributed by atoms with Crippen LogP contribution in [0.3, 0.4) is 0 Å². The zero-order chi connectivity index (χ0) is 16.4. The predicted molar refractivity (Wildman–Crippen MR) is 87.6 cm³/mol. The number of anilines is 1. The first-order valence-electron chi connectivity index (χ1n) is 8.09. The van der Waals surface area contributed by atoms with Crippen LogP contribution in [0.4, 0.5) is 5.69 Å². The lowest BCUT2D eigenvalue weighted by Crippen LogP contribution is -2.48. The Morgan fingerprint density at radius 2 is 2.04 bits per heavy atom. The maximum Gasteiger partial charge on any atom is 0.253 e. The Labute approximate surface area is 136 Å². The third-order valence-electron chi connectivity index (χ3n) is 4.58. The molecule has 1 aliphatic heterocycles. The van der Waals surface area contributed by atoms with E-state index in [-0.39, 0.29) is 23.8 Å². The second kappa shape index (κ2) is 6.58. The van der Waals surface area contributed by atoms with Crippen molar-refractivity contribution in [1.82, 2.24) is 10.6 Å². The molecule has 3 rings (SSSR count). The summed E-state index contributed by atoms with van der Waals surface area (Å²) < 4.78 is 5.20. The molecule has 0 bridgehead atoms. The molecule has 0 spiro atoms. The van der Waals surface area contributed by atoms with Crippen molar-refractivity contribution >= 4 is 17.5 Å². The van der Waals surface area contributed by atoms with Crippen molar-refractivity contribution in [3.8, 4) is 5.75 Å². The van der Waals surface area contributed by atoms with Crippen molar-refractivity contribution in [2.24, 2.45) is 11.8 Å². The maximum atomic E-state index is 12.4. The van der Waals surface area contributed by atoms with E-state index in [0.29, 0.717) is 22.9 Å². The molecule has 1 aliphatic carbocycles. The third kappa shape index (κ3) is 3.64. The average Bonchev–Trinajstić information content (AvgIpc) is 3.29. The van der Waals surface area contributed by atoms with Gasteiger partial charge >= 0.3 is 0 Å². The van der Waals surface area contributed by atoms with Crippen LogP contribution in [-0.4, -0.2) is 38.1 Å². The van der Waals surface area contributed by atoms with Crippen molar-refractivity contribution in [2.75, 3.05) is 25.5 Å². The summed E-state index contributed by atoms with van der Waals surface area (Å²) in [4.78, 5) is 24.8. The van der Waals surface area contributed by atoms with Gasteiger partial charge in [-0.05, 0) is 50.0 Å². The van der Waals surface area contributed by atoms with Gasteiger partial charge < -0.3 is 20.7 Å². The standard InChI is InChI=1S/C17H23N3O3/c1-10(11-8-18-9-11)16(21)20-15-6-5-13(23-2)7-14(15)17(22)19-12-3-4-12/h5-7,10-12,18H,3-4,8-9H2,1-2H3,(H,19,22)(H,20,21). The summed E-state index contributed by atoms with van der Waals surface area (Å²) in [5.74, 6) is 0.650. The molecule has 1 unspecified atom stereocenters. The first-order valence-corrected chi connectivity index (χ1v) is 8.09. The van der Waals surface area contributed by atoms with E-state index >= 15 is 0 Å². The summed E-state index contributed by atoms with van der Waals surface area (Å²) in [5.41, 5.74) is 0.983. The molecule has 2 amide bonds. The van der Waals surface area contributed by atoms with E-state index in [9.17, 15) is 9.59 Å². The zero-order valence-electron chi connectivity index (χ0n) is 13.5. The van der Waals surface area contributed by atoms with E-state index in [4.69, 9.17) is 4.74 Å². The number of hydrogen-bond donors (Lipinski definition) is 3. The van der Waals surface area contributed by atoms with Crippen molar-refractivity contribution < 1.29 is 14.3 Å². The van der Waals surface area contributed by atoms with Gasteiger partial charge in [-0.15, -0.1) is 0 Å². The lowest BCUT2D eigenvalue weighted by atomic mass is 9.88. The fourth-order valence-corrected chi connectivity index (χ4v) is 2.56. The van der Waals surface area contributed by atoms with Gasteiger partial charge in [0.25, 0.3) is 5.91 Å². The summed E-state index contributed by atoms with van der Waals surface area (Å²) in [6.45, 7) is 3.66. The molecule has 3 N–H and O–H groups in total. The largest absolute Gasteiger partial charge is 0.497 e. The molecule has 1 saturated carbocycles. The predicted octanol–water partition coefficient (Wildman–Crippen LogP) is 1.38. The number of rotatable bonds is 6. The van der Waals surface area contributed by atoms with Crippen LogP contribution < -0.4 is 20.7 Å². The number of carbonyl (C=O) groups is 2. The van der Waals surface area contributed by atoms with Crippen LogP contribution in [-0.2, 0) is 4.79 Å². The van der Waals surface area contributed by atoms with Gasteiger partial charge in [-0.1, -0.05) is 6.92 Å². The molecule has 1 aromatic carbocycles. The summed E-state index contributed by atoms with van der Waals surface area (Å²) in [7, 11) is 1.56. The maximum absolute atomic E-state index is 12.4. The minimum absolute atomic E-state index is 0.0536. The van der Waals surface area contributed by atoms with Gasteiger partial charge in [0.05, 0.1) is 18.4 Å². The third-order valence-corrected chi connectivity index (χ3v) is 4.58. The van der Waals surface area contributed by atoms with Gasteiger partial charge in [0.2, 0.25) is 5.91 Å². The Morgan fingerprint density at radius 1 is 1.30 bits per heavy atom. The highest BCUT2D eigenvalue weighted by atomic mass is 16.5. The van der Waals surface area contributed by atoms with Gasteiger partial charge in [-0.25, -0.2) is 0 Å². The fraction of sp³-hybridized carbons (Fsp3) is 0.529. The second-order valence-corrected chi connectivity index (χ2v) is 6.36. The van der Waals surface area contributed by atoms with E-state index in [1.165, 1.54) is 0 Å². The van der Waals surface area contributed by atoms with Crippen LogP contribution in [0.2, 0.25) is 0 Å². The van der Waals surface area contributed by atoms with Crippen LogP contribution in [0, 0.1) is 11.8 Å². The molecule has 2 aliphatic rings. The number of amides is 2. The molecule has 1 aromatic rings. The molecule has 1 atom stereocenters. The first kappa shape index (κ1) is 15.8. The van der Waals surface area contributed by atoms with Crippen LogP contribution in [0.25, 0.3) is 0 Å². The SMILES string of the molecule is COc1ccc(NC(=O)C(C)C2CNC2)c(C(=O)NC2CC2)c1. The van der Waals surface area contributed by atoms with E-state index < -0.39 is 0 Å². The molecule has 1 saturated heterocycles. The molecule has 2 fully saturated rings. The molecular weight excluding hydrogens is 294 g/mol. The fourth-order valence-electron chi connectivity index (χ4n) is 2.56. The highest BCUT2D eigenvalue weighted by Gasteiger charge is 2.30. The van der Waals surface area contributed by atoms with Gasteiger partial charge in [0, 0.05) is 12.0 Å². The van der Waals surface area contributed by atoms with Crippen LogP contribution >= 0.6 is 0 Å². The van der Waals surface area contributed by atoms with Gasteiger partial charge in [0.1, 0.15) is 5.75 Å². The van der Waals surface area contributed by atoms with Crippen molar-refractivity contribution in [1.29, 1.82) is 0 Å². The minimum atomic E-state index is -0.167. The lowest BCUT2D eigenvalue weighted by Gasteiger charge is -2.31. The molecule has 23 heavy (non-hydrogen) atoms. The Morgan fingerprint density at radius 3 is 2.61 bits per heavy atom. The van der Waals surface area contributed by atoms with E-state index in [0.717, 1.165) is 25.9 Å². The Kier molecular flexibility index (Phi) is 4.52. The summed E-state index contributed by atoms with van der Waals surface area (Å²) in [6.07, 6.45) is 2.03. The minimum Gasteiger partial charge on any atom is -0.497 e. The van der Waals surface area contributed by atoms with E-state index in [2.05, 4.69) is 16.0 Å². The molecule has 0 radical (unpaired) electrons. The van der Waals surface area contributed by atoms with Gasteiger partial charge in [-0.3, -0.25) is 9.59 Å². The van der Waals surface area contributed by atoms with Crippen molar-refractivity contribution in [3.05, 3.63) is 23.8 Å². The lowest BCUT2D eigenvalue weighted by molar-refractivity contribution is -0.121. The highest BCUT2D eigenvalue weighted by Crippen LogP contribution is 2.26. The summed E-state index contributed by atoms with van der Waals surface area (Å²) in [6, 6.07) is 5.41. The van der Waals surface area contributed by atoms with Crippen LogP contribution in [0.15, 0.2) is 18.2 Å². The quantitative estimate of drug-likeness (QED) is 0.740. The smallest absolute Gasteiger partial charge is 0.253 e. The number of nitrogens with one attached hydrogen (secondary N) is 3. The number of benzene rings is 1. The Hall–Kier alpha value is -2.08. The molecule has 0 aromatic heterocycles. The Balaban J connectivity index is 1.76. The zero-order valence-corrected chi connectivity index (χ0v) is 13.5. The molecular formula is C17H23N3O3. The summed E-state index contributed by atoms with van der Waals surface area (Å²) in [5, 5.41) is 9.03.